The van der Waals surface area contributed by atoms with Crippen molar-refractivity contribution >= 4 is 18.0 Å². The van der Waals surface area contributed by atoms with Gasteiger partial charge in [0.2, 0.25) is 5.91 Å². The summed E-state index contributed by atoms with van der Waals surface area (Å²) in [5.41, 5.74) is 4.74. The highest BCUT2D eigenvalue weighted by Gasteiger charge is 2.32. The van der Waals surface area contributed by atoms with Gasteiger partial charge in [-0.15, -0.1) is 0 Å². The Morgan fingerprint density at radius 2 is 1.66 bits per heavy atom. The van der Waals surface area contributed by atoms with Crippen molar-refractivity contribution in [3.05, 3.63) is 59.7 Å². The molecule has 0 aliphatic heterocycles. The Balaban J connectivity index is 1.27. The minimum atomic E-state index is -0.812. The number of ether oxygens (including phenoxy) is 1. The fourth-order valence-corrected chi connectivity index (χ4v) is 5.40. The van der Waals surface area contributed by atoms with E-state index in [2.05, 4.69) is 29.6 Å². The normalized spacial score (nSPS) is 18.9. The second-order valence-corrected chi connectivity index (χ2v) is 9.64. The monoisotopic (exact) mass is 478 g/mol. The Morgan fingerprint density at radius 3 is 2.31 bits per heavy atom. The van der Waals surface area contributed by atoms with Crippen LogP contribution in [0.3, 0.4) is 0 Å². The molecule has 0 heterocycles. The summed E-state index contributed by atoms with van der Waals surface area (Å²) in [7, 11) is 1.77. The fraction of sp³-hybridized carbons (Fsp3) is 0.464. The third-order valence-electron chi connectivity index (χ3n) is 7.20. The van der Waals surface area contributed by atoms with Gasteiger partial charge in [0.25, 0.3) is 0 Å². The summed E-state index contributed by atoms with van der Waals surface area (Å²) in [4.78, 5) is 37.9. The zero-order valence-electron chi connectivity index (χ0n) is 20.2. The minimum absolute atomic E-state index is 0.0172. The van der Waals surface area contributed by atoms with Crippen molar-refractivity contribution < 1.29 is 24.2 Å². The highest BCUT2D eigenvalue weighted by molar-refractivity contribution is 5.80. The molecule has 0 spiro atoms. The van der Waals surface area contributed by atoms with Crippen molar-refractivity contribution in [3.8, 4) is 11.1 Å². The molecule has 0 saturated heterocycles. The maximum atomic E-state index is 12.9. The first-order valence-electron chi connectivity index (χ1n) is 12.5. The third kappa shape index (κ3) is 6.02. The second kappa shape index (κ2) is 11.4. The molecule has 7 nitrogen and oxygen atoms in total. The molecule has 1 fully saturated rings. The van der Waals surface area contributed by atoms with Crippen LogP contribution in [0.25, 0.3) is 11.1 Å². The van der Waals surface area contributed by atoms with Crippen molar-refractivity contribution in [3.63, 3.8) is 0 Å². The number of amides is 2. The Labute approximate surface area is 206 Å². The van der Waals surface area contributed by atoms with Gasteiger partial charge in [-0.25, -0.2) is 4.79 Å². The van der Waals surface area contributed by atoms with Crippen molar-refractivity contribution in [1.29, 1.82) is 0 Å². The largest absolute Gasteiger partial charge is 0.481 e. The van der Waals surface area contributed by atoms with E-state index < -0.39 is 12.1 Å². The van der Waals surface area contributed by atoms with Crippen LogP contribution >= 0.6 is 0 Å². The standard InChI is InChI=1S/C28H34N2O5/c1-30(16-7-6-15-26(31)32)27(33)19-9-8-10-20(17-19)29-28(34)35-18-25-23-13-4-2-11-21(23)22-12-3-5-14-24(22)25/h2-5,11-14,19-20,25H,6-10,15-18H2,1H3,(H,29,34)(H,31,32)/t19-,20+/m1/s1. The van der Waals surface area contributed by atoms with Gasteiger partial charge in [0.05, 0.1) is 0 Å². The zero-order valence-corrected chi connectivity index (χ0v) is 20.2. The van der Waals surface area contributed by atoms with E-state index in [9.17, 15) is 14.4 Å². The van der Waals surface area contributed by atoms with Gasteiger partial charge in [0, 0.05) is 37.9 Å². The zero-order chi connectivity index (χ0) is 24.8. The molecule has 2 N–H and O–H groups in total. The van der Waals surface area contributed by atoms with Gasteiger partial charge in [-0.2, -0.15) is 0 Å². The molecule has 0 bridgehead atoms. The summed E-state index contributed by atoms with van der Waals surface area (Å²) in [6.07, 6.45) is 4.02. The molecule has 2 aromatic carbocycles. The van der Waals surface area contributed by atoms with Crippen molar-refractivity contribution in [2.24, 2.45) is 5.92 Å². The molecular weight excluding hydrogens is 444 g/mol. The van der Waals surface area contributed by atoms with Gasteiger partial charge < -0.3 is 20.1 Å². The average Bonchev–Trinajstić information content (AvgIpc) is 3.18. The van der Waals surface area contributed by atoms with Gasteiger partial charge in [-0.1, -0.05) is 55.0 Å². The van der Waals surface area contributed by atoms with E-state index in [0.717, 1.165) is 19.3 Å². The highest BCUT2D eigenvalue weighted by Crippen LogP contribution is 2.44. The molecule has 2 atom stereocenters. The number of unbranched alkanes of at least 4 members (excludes halogenated alkanes) is 1. The molecule has 2 amide bonds. The number of carbonyl (C=O) groups is 3. The van der Waals surface area contributed by atoms with Crippen molar-refractivity contribution in [2.45, 2.75) is 56.9 Å². The van der Waals surface area contributed by atoms with E-state index in [1.165, 1.54) is 22.3 Å². The van der Waals surface area contributed by atoms with E-state index in [4.69, 9.17) is 9.84 Å². The van der Waals surface area contributed by atoms with Crippen molar-refractivity contribution in [1.82, 2.24) is 10.2 Å². The number of hydrogen-bond donors (Lipinski definition) is 2. The molecule has 0 radical (unpaired) electrons. The molecular formula is C28H34N2O5. The van der Waals surface area contributed by atoms with Crippen LogP contribution in [-0.2, 0) is 14.3 Å². The predicted molar refractivity (Wildman–Crippen MR) is 133 cm³/mol. The summed E-state index contributed by atoms with van der Waals surface area (Å²) in [6.45, 7) is 0.821. The lowest BCUT2D eigenvalue weighted by molar-refractivity contribution is -0.137. The van der Waals surface area contributed by atoms with Crippen LogP contribution in [0.15, 0.2) is 48.5 Å². The minimum Gasteiger partial charge on any atom is -0.481 e. The Bertz CT molecular complexity index is 1020. The first kappa shape index (κ1) is 24.8. The molecule has 1 saturated carbocycles. The van der Waals surface area contributed by atoms with Gasteiger partial charge in [0.15, 0.2) is 0 Å². The lowest BCUT2D eigenvalue weighted by Gasteiger charge is -2.31. The summed E-state index contributed by atoms with van der Waals surface area (Å²) < 4.78 is 5.68. The first-order valence-corrected chi connectivity index (χ1v) is 12.5. The number of rotatable bonds is 9. The third-order valence-corrected chi connectivity index (χ3v) is 7.20. The number of aliphatic carboxylic acids is 1. The van der Waals surface area contributed by atoms with Gasteiger partial charge in [-0.05, 0) is 54.4 Å². The molecule has 2 aliphatic rings. The van der Waals surface area contributed by atoms with Crippen LogP contribution in [0.5, 0.6) is 0 Å². The van der Waals surface area contributed by atoms with E-state index in [-0.39, 0.29) is 36.8 Å². The molecule has 2 aliphatic carbocycles. The maximum Gasteiger partial charge on any atom is 0.407 e. The topological polar surface area (TPSA) is 95.9 Å². The van der Waals surface area contributed by atoms with Crippen LogP contribution in [0.1, 0.15) is 62.0 Å². The number of carboxylic acids is 1. The number of carbonyl (C=O) groups excluding carboxylic acids is 2. The second-order valence-electron chi connectivity index (χ2n) is 9.64. The molecule has 4 rings (SSSR count). The Morgan fingerprint density at radius 1 is 1.00 bits per heavy atom. The van der Waals surface area contributed by atoms with Crippen LogP contribution < -0.4 is 5.32 Å². The fourth-order valence-electron chi connectivity index (χ4n) is 5.40. The van der Waals surface area contributed by atoms with Crippen molar-refractivity contribution in [2.75, 3.05) is 20.2 Å². The lowest BCUT2D eigenvalue weighted by atomic mass is 9.85. The quantitative estimate of drug-likeness (QED) is 0.505. The smallest absolute Gasteiger partial charge is 0.407 e. The molecule has 35 heavy (non-hydrogen) atoms. The number of fused-ring (bicyclic) bond motifs is 3. The lowest BCUT2D eigenvalue weighted by Crippen LogP contribution is -2.43. The Kier molecular flexibility index (Phi) is 8.06. The maximum absolute atomic E-state index is 12.9. The molecule has 0 unspecified atom stereocenters. The molecule has 7 heteroatoms. The van der Waals surface area contributed by atoms with E-state index in [0.29, 0.717) is 25.8 Å². The Hall–Kier alpha value is -3.35. The molecule has 0 aromatic heterocycles. The number of nitrogens with zero attached hydrogens (tertiary/aromatic N) is 1. The molecule has 186 valence electrons. The average molecular weight is 479 g/mol. The van der Waals surface area contributed by atoms with Gasteiger partial charge in [-0.3, -0.25) is 9.59 Å². The summed E-state index contributed by atoms with van der Waals surface area (Å²) in [5, 5.41) is 11.7. The SMILES string of the molecule is CN(CCCCC(=O)O)C(=O)[C@@H]1CCC[C@H](NC(=O)OCC2c3ccccc3-c3ccccc32)C1. The number of alkyl carbamates (subject to hydrolysis) is 1. The number of nitrogens with one attached hydrogen (secondary N) is 1. The van der Waals surface area contributed by atoms with Crippen LogP contribution in [0.2, 0.25) is 0 Å². The first-order chi connectivity index (χ1) is 16.9. The highest BCUT2D eigenvalue weighted by atomic mass is 16.5. The van der Waals surface area contributed by atoms with Crippen LogP contribution in [-0.4, -0.2) is 54.2 Å². The van der Waals surface area contributed by atoms with Crippen LogP contribution in [0.4, 0.5) is 4.79 Å². The number of carboxylic acid groups (broad SMARTS) is 1. The van der Waals surface area contributed by atoms with E-state index >= 15 is 0 Å². The van der Waals surface area contributed by atoms with E-state index in [1.54, 1.807) is 11.9 Å². The summed E-state index contributed by atoms with van der Waals surface area (Å²) in [6, 6.07) is 16.4. The summed E-state index contributed by atoms with van der Waals surface area (Å²) in [5.74, 6) is -0.858. The molecule has 2 aromatic rings. The van der Waals surface area contributed by atoms with Crippen LogP contribution in [0, 0.1) is 5.92 Å². The summed E-state index contributed by atoms with van der Waals surface area (Å²) >= 11 is 0. The number of benzene rings is 2. The predicted octanol–water partition coefficient (Wildman–Crippen LogP) is 4.80. The number of hydrogen-bond acceptors (Lipinski definition) is 4. The van der Waals surface area contributed by atoms with E-state index in [1.807, 2.05) is 24.3 Å². The van der Waals surface area contributed by atoms with Gasteiger partial charge in [0.1, 0.15) is 6.61 Å². The van der Waals surface area contributed by atoms with Gasteiger partial charge >= 0.3 is 12.1 Å².